The van der Waals surface area contributed by atoms with Crippen LogP contribution in [0.2, 0.25) is 0 Å². The lowest BCUT2D eigenvalue weighted by molar-refractivity contribution is -0.274. The zero-order valence-electron chi connectivity index (χ0n) is 15.1. The van der Waals surface area contributed by atoms with Gasteiger partial charge in [-0.15, -0.1) is 13.2 Å². The molecular formula is C20H13F4N3O3. The molecule has 1 N–H and O–H groups in total. The molecule has 4 rings (SSSR count). The van der Waals surface area contributed by atoms with E-state index in [0.717, 1.165) is 16.7 Å². The molecule has 0 amide bonds. The average molecular weight is 419 g/mol. The normalized spacial score (nSPS) is 11.7. The number of hydrogen-bond acceptors (Lipinski definition) is 4. The predicted octanol–water partition coefficient (Wildman–Crippen LogP) is 3.98. The first-order valence-electron chi connectivity index (χ1n) is 8.62. The van der Waals surface area contributed by atoms with Crippen LogP contribution in [0.15, 0.2) is 65.7 Å². The van der Waals surface area contributed by atoms with Crippen molar-refractivity contribution >= 4 is 10.9 Å². The minimum atomic E-state index is -4.84. The molecule has 0 saturated carbocycles. The number of aromatic hydroxyl groups is 1. The molecule has 2 aromatic carbocycles. The Morgan fingerprint density at radius 3 is 2.50 bits per heavy atom. The number of rotatable bonds is 4. The van der Waals surface area contributed by atoms with E-state index in [9.17, 15) is 27.5 Å². The monoisotopic (exact) mass is 419 g/mol. The van der Waals surface area contributed by atoms with Crippen LogP contribution in [0.3, 0.4) is 0 Å². The molecule has 4 aromatic rings. The minimum absolute atomic E-state index is 0.0249. The van der Waals surface area contributed by atoms with Crippen molar-refractivity contribution in [1.82, 2.24) is 14.1 Å². The van der Waals surface area contributed by atoms with E-state index in [2.05, 4.69) is 9.72 Å². The molecule has 0 aliphatic rings. The summed E-state index contributed by atoms with van der Waals surface area (Å²) in [5.41, 5.74) is 0.286. The lowest BCUT2D eigenvalue weighted by Gasteiger charge is -2.09. The highest BCUT2D eigenvalue weighted by Crippen LogP contribution is 2.25. The molecule has 0 radical (unpaired) electrons. The summed E-state index contributed by atoms with van der Waals surface area (Å²) in [7, 11) is 0. The number of ether oxygens (including phenoxy) is 1. The van der Waals surface area contributed by atoms with Crippen LogP contribution in [0.4, 0.5) is 17.6 Å². The Bertz CT molecular complexity index is 1280. The molecule has 0 spiro atoms. The molecule has 0 bridgehead atoms. The van der Waals surface area contributed by atoms with Crippen molar-refractivity contribution in [1.29, 1.82) is 0 Å². The second kappa shape index (κ2) is 7.21. The van der Waals surface area contributed by atoms with E-state index < -0.39 is 29.5 Å². The second-order valence-electron chi connectivity index (χ2n) is 6.38. The van der Waals surface area contributed by atoms with Crippen molar-refractivity contribution in [2.45, 2.75) is 12.9 Å². The van der Waals surface area contributed by atoms with Gasteiger partial charge in [-0.25, -0.2) is 13.8 Å². The van der Waals surface area contributed by atoms with Gasteiger partial charge < -0.3 is 9.84 Å². The van der Waals surface area contributed by atoms with Crippen LogP contribution in [0, 0.1) is 5.82 Å². The van der Waals surface area contributed by atoms with Crippen LogP contribution < -0.4 is 10.4 Å². The van der Waals surface area contributed by atoms with Gasteiger partial charge in [0.1, 0.15) is 17.1 Å². The Morgan fingerprint density at radius 1 is 1.07 bits per heavy atom. The number of fused-ring (bicyclic) bond motifs is 1. The second-order valence-corrected chi connectivity index (χ2v) is 6.38. The van der Waals surface area contributed by atoms with Crippen molar-refractivity contribution in [3.8, 4) is 17.3 Å². The summed E-state index contributed by atoms with van der Waals surface area (Å²) in [6.45, 7) is 0.0249. The molecule has 2 aromatic heterocycles. The van der Waals surface area contributed by atoms with E-state index in [-0.39, 0.29) is 17.7 Å². The Labute approximate surface area is 166 Å². The number of pyridine rings is 1. The molecule has 10 heteroatoms. The van der Waals surface area contributed by atoms with E-state index >= 15 is 0 Å². The van der Waals surface area contributed by atoms with E-state index in [0.29, 0.717) is 10.9 Å². The first kappa shape index (κ1) is 19.5. The Morgan fingerprint density at radius 2 is 1.80 bits per heavy atom. The van der Waals surface area contributed by atoms with E-state index in [4.69, 9.17) is 0 Å². The van der Waals surface area contributed by atoms with Gasteiger partial charge in [-0.1, -0.05) is 12.1 Å². The van der Waals surface area contributed by atoms with Crippen molar-refractivity contribution < 1.29 is 27.4 Å². The molecule has 0 atom stereocenters. The highest BCUT2D eigenvalue weighted by molar-refractivity contribution is 5.82. The first-order chi connectivity index (χ1) is 14.2. The SMILES string of the molecule is O=c1n(Cc2ccnc3c(F)cccc23)cc(O)n1-c1ccc(OC(F)(F)F)cc1. The molecule has 30 heavy (non-hydrogen) atoms. The number of benzene rings is 2. The molecule has 0 aliphatic heterocycles. The van der Waals surface area contributed by atoms with Gasteiger partial charge in [0.05, 0.1) is 18.4 Å². The molecule has 154 valence electrons. The van der Waals surface area contributed by atoms with Crippen molar-refractivity contribution in [2.24, 2.45) is 0 Å². The summed E-state index contributed by atoms with van der Waals surface area (Å²) in [5, 5.41) is 10.7. The number of halogens is 4. The summed E-state index contributed by atoms with van der Waals surface area (Å²) in [5.74, 6) is -1.36. The number of aromatic nitrogens is 3. The largest absolute Gasteiger partial charge is 0.573 e. The predicted molar refractivity (Wildman–Crippen MR) is 99.2 cm³/mol. The molecule has 2 heterocycles. The molecule has 6 nitrogen and oxygen atoms in total. The Balaban J connectivity index is 1.69. The summed E-state index contributed by atoms with van der Waals surface area (Å²) >= 11 is 0. The number of imidazole rings is 1. The van der Waals surface area contributed by atoms with Gasteiger partial charge in [0, 0.05) is 11.6 Å². The standard InChI is InChI=1S/C20H13F4N3O3/c21-16-3-1-2-15-12(8-9-25-18(15)16)10-26-11-17(28)27(19(26)29)13-4-6-14(7-5-13)30-20(22,23)24/h1-9,11,28H,10H2. The average Bonchev–Trinajstić information content (AvgIpc) is 2.95. The molecule has 0 fully saturated rings. The van der Waals surface area contributed by atoms with Crippen LogP contribution in [-0.2, 0) is 6.54 Å². The van der Waals surface area contributed by atoms with Gasteiger partial charge in [-0.2, -0.15) is 0 Å². The zero-order chi connectivity index (χ0) is 21.5. The molecule has 0 aliphatic carbocycles. The first-order valence-corrected chi connectivity index (χ1v) is 8.62. The smallest absolute Gasteiger partial charge is 0.493 e. The fourth-order valence-corrected chi connectivity index (χ4v) is 3.15. The van der Waals surface area contributed by atoms with Gasteiger partial charge in [0.15, 0.2) is 0 Å². The van der Waals surface area contributed by atoms with Gasteiger partial charge in [0.2, 0.25) is 5.88 Å². The third-order valence-corrected chi connectivity index (χ3v) is 4.42. The quantitative estimate of drug-likeness (QED) is 0.508. The highest BCUT2D eigenvalue weighted by atomic mass is 19.4. The molecule has 0 saturated heterocycles. The van der Waals surface area contributed by atoms with Crippen LogP contribution in [-0.4, -0.2) is 25.6 Å². The lowest BCUT2D eigenvalue weighted by atomic mass is 10.1. The van der Waals surface area contributed by atoms with Crippen LogP contribution in [0.5, 0.6) is 11.6 Å². The highest BCUT2D eigenvalue weighted by Gasteiger charge is 2.31. The minimum Gasteiger partial charge on any atom is -0.493 e. The third kappa shape index (κ3) is 3.71. The third-order valence-electron chi connectivity index (χ3n) is 4.42. The summed E-state index contributed by atoms with van der Waals surface area (Å²) in [6.07, 6.45) is -2.23. The Kier molecular flexibility index (Phi) is 4.69. The molecular weight excluding hydrogens is 406 g/mol. The topological polar surface area (TPSA) is 69.3 Å². The van der Waals surface area contributed by atoms with Gasteiger partial charge >= 0.3 is 12.1 Å². The Hall–Kier alpha value is -3.82. The maximum Gasteiger partial charge on any atom is 0.573 e. The molecule has 0 unspecified atom stereocenters. The van der Waals surface area contributed by atoms with Crippen molar-refractivity contribution in [3.05, 3.63) is 82.8 Å². The van der Waals surface area contributed by atoms with Crippen LogP contribution in [0.1, 0.15) is 5.56 Å². The van der Waals surface area contributed by atoms with Gasteiger partial charge in [-0.3, -0.25) is 9.55 Å². The van der Waals surface area contributed by atoms with Gasteiger partial charge in [0.25, 0.3) is 0 Å². The van der Waals surface area contributed by atoms with E-state index in [1.165, 1.54) is 41.2 Å². The summed E-state index contributed by atoms with van der Waals surface area (Å²) < 4.78 is 56.8. The number of hydrogen-bond donors (Lipinski definition) is 1. The van der Waals surface area contributed by atoms with Gasteiger partial charge in [-0.05, 0) is 42.0 Å². The fourth-order valence-electron chi connectivity index (χ4n) is 3.15. The maximum atomic E-state index is 14.0. The van der Waals surface area contributed by atoms with Crippen LogP contribution >= 0.6 is 0 Å². The van der Waals surface area contributed by atoms with E-state index in [1.54, 1.807) is 12.1 Å². The van der Waals surface area contributed by atoms with Crippen molar-refractivity contribution in [2.75, 3.05) is 0 Å². The summed E-state index contributed by atoms with van der Waals surface area (Å²) in [4.78, 5) is 16.8. The fraction of sp³-hybridized carbons (Fsp3) is 0.100. The zero-order valence-corrected chi connectivity index (χ0v) is 15.1. The van der Waals surface area contributed by atoms with E-state index in [1.807, 2.05) is 0 Å². The number of alkyl halides is 3. The number of nitrogens with zero attached hydrogens (tertiary/aromatic N) is 3. The lowest BCUT2D eigenvalue weighted by Crippen LogP contribution is -2.23. The van der Waals surface area contributed by atoms with Crippen molar-refractivity contribution in [3.63, 3.8) is 0 Å². The summed E-state index contributed by atoms with van der Waals surface area (Å²) in [6, 6.07) is 10.6. The number of para-hydroxylation sites is 1. The maximum absolute atomic E-state index is 14.0. The van der Waals surface area contributed by atoms with Crippen LogP contribution in [0.25, 0.3) is 16.6 Å².